The van der Waals surface area contributed by atoms with Crippen molar-refractivity contribution < 1.29 is 24.2 Å². The summed E-state index contributed by atoms with van der Waals surface area (Å²) in [5, 5.41) is 12.1. The highest BCUT2D eigenvalue weighted by Gasteiger charge is 2.29. The summed E-state index contributed by atoms with van der Waals surface area (Å²) in [6.07, 6.45) is 4.75. The van der Waals surface area contributed by atoms with Crippen LogP contribution in [0, 0.1) is 5.92 Å². The van der Waals surface area contributed by atoms with Crippen molar-refractivity contribution >= 4 is 12.0 Å². The van der Waals surface area contributed by atoms with Crippen LogP contribution in [-0.4, -0.2) is 67.6 Å². The Labute approximate surface area is 137 Å². The van der Waals surface area contributed by atoms with Gasteiger partial charge in [-0.25, -0.2) is 4.79 Å². The van der Waals surface area contributed by atoms with E-state index >= 15 is 0 Å². The quantitative estimate of drug-likeness (QED) is 0.721. The predicted molar refractivity (Wildman–Crippen MR) is 84.3 cm³/mol. The summed E-state index contributed by atoms with van der Waals surface area (Å²) in [6.45, 7) is 2.48. The fourth-order valence-electron chi connectivity index (χ4n) is 3.31. The third-order valence-corrected chi connectivity index (χ3v) is 4.71. The molecule has 23 heavy (non-hydrogen) atoms. The van der Waals surface area contributed by atoms with E-state index in [1.807, 2.05) is 4.90 Å². The number of hydrogen-bond donors (Lipinski definition) is 2. The van der Waals surface area contributed by atoms with Crippen molar-refractivity contribution in [3.05, 3.63) is 0 Å². The average Bonchev–Trinajstić information content (AvgIpc) is 2.56. The molecule has 2 fully saturated rings. The SMILES string of the molecule is COCCOC1CCCN(C(=O)NC2CCC(C(=O)O)CC2)C1. The monoisotopic (exact) mass is 328 g/mol. The number of aliphatic carboxylic acids is 1. The van der Waals surface area contributed by atoms with Crippen LogP contribution in [0.2, 0.25) is 0 Å². The Balaban J connectivity index is 1.71. The Kier molecular flexibility index (Phi) is 7.11. The number of carboxylic acids is 1. The summed E-state index contributed by atoms with van der Waals surface area (Å²) in [7, 11) is 1.64. The van der Waals surface area contributed by atoms with Gasteiger partial charge in [-0.2, -0.15) is 0 Å². The van der Waals surface area contributed by atoms with Gasteiger partial charge in [-0.3, -0.25) is 4.79 Å². The zero-order valence-electron chi connectivity index (χ0n) is 13.8. The first-order valence-electron chi connectivity index (χ1n) is 8.49. The molecule has 0 bridgehead atoms. The van der Waals surface area contributed by atoms with Gasteiger partial charge in [-0.15, -0.1) is 0 Å². The maximum atomic E-state index is 12.4. The van der Waals surface area contributed by atoms with Crippen molar-refractivity contribution in [2.45, 2.75) is 50.7 Å². The highest BCUT2D eigenvalue weighted by molar-refractivity contribution is 5.75. The van der Waals surface area contributed by atoms with E-state index in [1.54, 1.807) is 7.11 Å². The smallest absolute Gasteiger partial charge is 0.317 e. The number of methoxy groups -OCH3 is 1. The second-order valence-electron chi connectivity index (χ2n) is 6.41. The number of carboxylic acid groups (broad SMARTS) is 1. The molecule has 2 N–H and O–H groups in total. The number of ether oxygens (including phenoxy) is 2. The summed E-state index contributed by atoms with van der Waals surface area (Å²) in [5.74, 6) is -0.974. The number of rotatable bonds is 6. The maximum absolute atomic E-state index is 12.4. The van der Waals surface area contributed by atoms with E-state index in [0.29, 0.717) is 32.6 Å². The zero-order valence-corrected chi connectivity index (χ0v) is 13.8. The Bertz CT molecular complexity index is 396. The van der Waals surface area contributed by atoms with Gasteiger partial charge in [0.25, 0.3) is 0 Å². The van der Waals surface area contributed by atoms with Gasteiger partial charge in [0.1, 0.15) is 0 Å². The molecular weight excluding hydrogens is 300 g/mol. The van der Waals surface area contributed by atoms with Crippen LogP contribution in [0.3, 0.4) is 0 Å². The molecule has 1 atom stereocenters. The minimum atomic E-state index is -0.721. The van der Waals surface area contributed by atoms with Crippen molar-refractivity contribution in [3.63, 3.8) is 0 Å². The molecule has 7 heteroatoms. The number of piperidine rings is 1. The highest BCUT2D eigenvalue weighted by Crippen LogP contribution is 2.24. The van der Waals surface area contributed by atoms with Gasteiger partial charge in [-0.1, -0.05) is 0 Å². The Morgan fingerprint density at radius 1 is 1.17 bits per heavy atom. The molecular formula is C16H28N2O5. The molecule has 0 aromatic heterocycles. The van der Waals surface area contributed by atoms with Crippen LogP contribution >= 0.6 is 0 Å². The molecule has 0 aromatic rings. The van der Waals surface area contributed by atoms with Crippen LogP contribution in [-0.2, 0) is 14.3 Å². The van der Waals surface area contributed by atoms with E-state index in [2.05, 4.69) is 5.32 Å². The van der Waals surface area contributed by atoms with Crippen LogP contribution in [0.5, 0.6) is 0 Å². The lowest BCUT2D eigenvalue weighted by atomic mass is 9.86. The van der Waals surface area contributed by atoms with Crippen molar-refractivity contribution in [2.24, 2.45) is 5.92 Å². The van der Waals surface area contributed by atoms with Gasteiger partial charge in [-0.05, 0) is 38.5 Å². The number of amides is 2. The van der Waals surface area contributed by atoms with Gasteiger partial charge in [0, 0.05) is 26.2 Å². The number of carbonyl (C=O) groups excluding carboxylic acids is 1. The highest BCUT2D eigenvalue weighted by atomic mass is 16.5. The van der Waals surface area contributed by atoms with Gasteiger partial charge in [0.2, 0.25) is 0 Å². The number of hydrogen-bond acceptors (Lipinski definition) is 4. The third kappa shape index (κ3) is 5.66. The molecule has 7 nitrogen and oxygen atoms in total. The van der Waals surface area contributed by atoms with Crippen molar-refractivity contribution in [1.82, 2.24) is 10.2 Å². The molecule has 132 valence electrons. The summed E-state index contributed by atoms with van der Waals surface area (Å²) in [5.41, 5.74) is 0. The molecule has 1 aliphatic carbocycles. The molecule has 0 radical (unpaired) electrons. The van der Waals surface area contributed by atoms with E-state index in [0.717, 1.165) is 32.2 Å². The van der Waals surface area contributed by atoms with E-state index in [1.165, 1.54) is 0 Å². The second kappa shape index (κ2) is 9.08. The van der Waals surface area contributed by atoms with Gasteiger partial charge >= 0.3 is 12.0 Å². The Hall–Kier alpha value is -1.34. The van der Waals surface area contributed by atoms with E-state index < -0.39 is 5.97 Å². The molecule has 1 heterocycles. The maximum Gasteiger partial charge on any atom is 0.317 e. The number of nitrogens with zero attached hydrogens (tertiary/aromatic N) is 1. The lowest BCUT2D eigenvalue weighted by molar-refractivity contribution is -0.142. The van der Waals surface area contributed by atoms with Crippen LogP contribution in [0.1, 0.15) is 38.5 Å². The summed E-state index contributed by atoms with van der Waals surface area (Å²) >= 11 is 0. The molecule has 1 saturated carbocycles. The van der Waals surface area contributed by atoms with Crippen molar-refractivity contribution in [2.75, 3.05) is 33.4 Å². The number of likely N-dealkylation sites (tertiary alicyclic amines) is 1. The fourth-order valence-corrected chi connectivity index (χ4v) is 3.31. The Morgan fingerprint density at radius 3 is 2.57 bits per heavy atom. The largest absolute Gasteiger partial charge is 0.481 e. The number of nitrogens with one attached hydrogen (secondary N) is 1. The van der Waals surface area contributed by atoms with E-state index in [4.69, 9.17) is 14.6 Å². The van der Waals surface area contributed by atoms with E-state index in [-0.39, 0.29) is 24.1 Å². The van der Waals surface area contributed by atoms with Crippen molar-refractivity contribution in [3.8, 4) is 0 Å². The molecule has 1 unspecified atom stereocenters. The standard InChI is InChI=1S/C16H28N2O5/c1-22-9-10-23-14-3-2-8-18(11-14)16(21)17-13-6-4-12(5-7-13)15(19)20/h12-14H,2-11H2,1H3,(H,17,21)(H,19,20). The minimum Gasteiger partial charge on any atom is -0.481 e. The second-order valence-corrected chi connectivity index (χ2v) is 6.41. The molecule has 2 aliphatic rings. The lowest BCUT2D eigenvalue weighted by Crippen LogP contribution is -2.51. The topological polar surface area (TPSA) is 88.1 Å². The van der Waals surface area contributed by atoms with Crippen LogP contribution < -0.4 is 5.32 Å². The minimum absolute atomic E-state index is 0.0520. The fraction of sp³-hybridized carbons (Fsp3) is 0.875. The third-order valence-electron chi connectivity index (χ3n) is 4.71. The molecule has 2 rings (SSSR count). The van der Waals surface area contributed by atoms with Crippen LogP contribution in [0.15, 0.2) is 0 Å². The predicted octanol–water partition coefficient (Wildman–Crippen LogP) is 1.47. The molecule has 0 aromatic carbocycles. The molecule has 1 saturated heterocycles. The zero-order chi connectivity index (χ0) is 16.7. The van der Waals surface area contributed by atoms with Crippen molar-refractivity contribution in [1.29, 1.82) is 0 Å². The first-order valence-corrected chi connectivity index (χ1v) is 8.49. The summed E-state index contributed by atoms with van der Waals surface area (Å²) in [4.78, 5) is 25.1. The van der Waals surface area contributed by atoms with Crippen LogP contribution in [0.25, 0.3) is 0 Å². The van der Waals surface area contributed by atoms with Gasteiger partial charge in [0.15, 0.2) is 0 Å². The van der Waals surface area contributed by atoms with Gasteiger partial charge < -0.3 is 24.8 Å². The summed E-state index contributed by atoms with van der Waals surface area (Å²) < 4.78 is 10.7. The number of carbonyl (C=O) groups is 2. The van der Waals surface area contributed by atoms with E-state index in [9.17, 15) is 9.59 Å². The normalized spacial score (nSPS) is 28.4. The molecule has 0 spiro atoms. The molecule has 2 amide bonds. The molecule has 1 aliphatic heterocycles. The first kappa shape index (κ1) is 18.0. The average molecular weight is 328 g/mol. The first-order chi connectivity index (χ1) is 11.1. The lowest BCUT2D eigenvalue weighted by Gasteiger charge is -2.35. The van der Waals surface area contributed by atoms with Crippen LogP contribution in [0.4, 0.5) is 4.79 Å². The Morgan fingerprint density at radius 2 is 1.91 bits per heavy atom. The summed E-state index contributed by atoms with van der Waals surface area (Å²) in [6, 6.07) is 0.0386. The number of urea groups is 1. The van der Waals surface area contributed by atoms with Gasteiger partial charge in [0.05, 0.1) is 25.2 Å².